The van der Waals surface area contributed by atoms with E-state index in [4.69, 9.17) is 10.7 Å². The van der Waals surface area contributed by atoms with Crippen LogP contribution in [-0.2, 0) is 17.9 Å². The van der Waals surface area contributed by atoms with Crippen molar-refractivity contribution in [2.45, 2.75) is 19.4 Å². The van der Waals surface area contributed by atoms with E-state index >= 15 is 0 Å². The zero-order valence-electron chi connectivity index (χ0n) is 8.49. The second-order valence-electron chi connectivity index (χ2n) is 3.75. The second-order valence-corrected chi connectivity index (χ2v) is 3.75. The molecule has 0 atom stereocenters. The maximum atomic E-state index is 5.11. The number of nitrogens with zero attached hydrogens (tertiary/aromatic N) is 1. The molecule has 1 aromatic rings. The molecule has 1 aliphatic heterocycles. The molecule has 0 aliphatic carbocycles. The summed E-state index contributed by atoms with van der Waals surface area (Å²) >= 11 is 0. The number of anilines is 1. The first-order chi connectivity index (χ1) is 6.83. The number of hydrogen-bond acceptors (Lipinski definition) is 3. The van der Waals surface area contributed by atoms with Crippen LogP contribution in [0.5, 0.6) is 0 Å². The molecule has 0 saturated carbocycles. The van der Waals surface area contributed by atoms with Gasteiger partial charge in [0.1, 0.15) is 0 Å². The summed E-state index contributed by atoms with van der Waals surface area (Å²) in [5.74, 6) is 5.11. The van der Waals surface area contributed by atoms with Crippen molar-refractivity contribution in [3.8, 4) is 0 Å². The van der Waals surface area contributed by atoms with Crippen LogP contribution in [0.1, 0.15) is 17.5 Å². The van der Waals surface area contributed by atoms with Crippen LogP contribution >= 0.6 is 0 Å². The van der Waals surface area contributed by atoms with E-state index in [9.17, 15) is 0 Å². The summed E-state index contributed by atoms with van der Waals surface area (Å²) in [6.07, 6.45) is 2.35. The highest BCUT2D eigenvalue weighted by molar-refractivity contribution is 5.57. The van der Waals surface area contributed by atoms with Crippen LogP contribution in [0.2, 0.25) is 0 Å². The van der Waals surface area contributed by atoms with E-state index in [-0.39, 0.29) is 0 Å². The molecule has 2 rings (SSSR count). The summed E-state index contributed by atoms with van der Waals surface area (Å²) in [5, 5.41) is 0. The van der Waals surface area contributed by atoms with Gasteiger partial charge in [0, 0.05) is 19.3 Å². The lowest BCUT2D eigenvalue weighted by Crippen LogP contribution is -2.25. The van der Waals surface area contributed by atoms with Gasteiger partial charge in [0.2, 0.25) is 0 Å². The molecule has 0 saturated heterocycles. The first-order valence-corrected chi connectivity index (χ1v) is 4.96. The fourth-order valence-electron chi connectivity index (χ4n) is 2.11. The van der Waals surface area contributed by atoms with Crippen LogP contribution in [0.15, 0.2) is 18.2 Å². The van der Waals surface area contributed by atoms with Gasteiger partial charge in [-0.3, -0.25) is 4.84 Å². The van der Waals surface area contributed by atoms with Crippen molar-refractivity contribution in [3.05, 3.63) is 29.3 Å². The van der Waals surface area contributed by atoms with Gasteiger partial charge in [-0.05, 0) is 30.0 Å². The van der Waals surface area contributed by atoms with Gasteiger partial charge in [-0.1, -0.05) is 12.1 Å². The summed E-state index contributed by atoms with van der Waals surface area (Å²) in [4.78, 5) is 7.00. The van der Waals surface area contributed by atoms with E-state index in [0.717, 1.165) is 13.0 Å². The van der Waals surface area contributed by atoms with Crippen LogP contribution < -0.4 is 10.8 Å². The monoisotopic (exact) mass is 192 g/mol. The average Bonchev–Trinajstić information content (AvgIpc) is 2.20. The van der Waals surface area contributed by atoms with E-state index in [2.05, 4.69) is 30.1 Å². The molecule has 0 fully saturated rings. The Morgan fingerprint density at radius 1 is 1.50 bits per heavy atom. The molecule has 0 bridgehead atoms. The van der Waals surface area contributed by atoms with Crippen LogP contribution in [0.3, 0.4) is 0 Å². The average molecular weight is 192 g/mol. The minimum Gasteiger partial charge on any atom is -0.374 e. The Labute approximate surface area is 84.4 Å². The first-order valence-electron chi connectivity index (χ1n) is 4.96. The Bertz CT molecular complexity index is 325. The van der Waals surface area contributed by atoms with Crippen LogP contribution in [0.4, 0.5) is 5.69 Å². The molecule has 0 aromatic heterocycles. The molecule has 0 radical (unpaired) electrons. The summed E-state index contributed by atoms with van der Waals surface area (Å²) in [6, 6.07) is 6.31. The molecule has 0 unspecified atom stereocenters. The van der Waals surface area contributed by atoms with Crippen molar-refractivity contribution in [2.24, 2.45) is 5.90 Å². The van der Waals surface area contributed by atoms with Crippen molar-refractivity contribution in [1.82, 2.24) is 0 Å². The topological polar surface area (TPSA) is 38.5 Å². The SMILES string of the molecule is CN1CCCc2c(CON)cccc21. The molecule has 1 aromatic carbocycles. The summed E-state index contributed by atoms with van der Waals surface area (Å²) in [5.41, 5.74) is 3.94. The van der Waals surface area contributed by atoms with Crippen molar-refractivity contribution in [1.29, 1.82) is 0 Å². The predicted octanol–water partition coefficient (Wildman–Crippen LogP) is 1.46. The smallest absolute Gasteiger partial charge is 0.0933 e. The van der Waals surface area contributed by atoms with Gasteiger partial charge in [-0.15, -0.1) is 0 Å². The van der Waals surface area contributed by atoms with E-state index in [0.29, 0.717) is 6.61 Å². The molecule has 3 nitrogen and oxygen atoms in total. The number of rotatable bonds is 2. The molecule has 1 heterocycles. The van der Waals surface area contributed by atoms with Crippen LogP contribution in [-0.4, -0.2) is 13.6 Å². The highest BCUT2D eigenvalue weighted by Crippen LogP contribution is 2.28. The molecule has 1 aliphatic rings. The minimum atomic E-state index is 0.511. The van der Waals surface area contributed by atoms with Crippen LogP contribution in [0, 0.1) is 0 Å². The van der Waals surface area contributed by atoms with E-state index in [1.807, 2.05) is 0 Å². The highest BCUT2D eigenvalue weighted by atomic mass is 16.6. The predicted molar refractivity (Wildman–Crippen MR) is 57.0 cm³/mol. The number of benzene rings is 1. The normalized spacial score (nSPS) is 15.4. The van der Waals surface area contributed by atoms with E-state index in [1.54, 1.807) is 0 Å². The lowest BCUT2D eigenvalue weighted by Gasteiger charge is -2.28. The molecular weight excluding hydrogens is 176 g/mol. The molecule has 2 N–H and O–H groups in total. The fraction of sp³-hybridized carbons (Fsp3) is 0.455. The number of hydrogen-bond donors (Lipinski definition) is 1. The number of fused-ring (bicyclic) bond motifs is 1. The Hall–Kier alpha value is -1.06. The molecule has 0 spiro atoms. The third-order valence-corrected chi connectivity index (χ3v) is 2.82. The van der Waals surface area contributed by atoms with Crippen molar-refractivity contribution in [3.63, 3.8) is 0 Å². The summed E-state index contributed by atoms with van der Waals surface area (Å²) in [6.45, 7) is 1.65. The Morgan fingerprint density at radius 2 is 2.36 bits per heavy atom. The first kappa shape index (κ1) is 9.49. The second kappa shape index (κ2) is 3.98. The van der Waals surface area contributed by atoms with Gasteiger partial charge in [-0.25, -0.2) is 5.90 Å². The van der Waals surface area contributed by atoms with Gasteiger partial charge in [-0.2, -0.15) is 0 Å². The van der Waals surface area contributed by atoms with Crippen LogP contribution in [0.25, 0.3) is 0 Å². The van der Waals surface area contributed by atoms with Gasteiger partial charge in [0.25, 0.3) is 0 Å². The van der Waals surface area contributed by atoms with Crippen molar-refractivity contribution < 1.29 is 4.84 Å². The Morgan fingerprint density at radius 3 is 3.14 bits per heavy atom. The van der Waals surface area contributed by atoms with Crippen molar-refractivity contribution in [2.75, 3.05) is 18.5 Å². The standard InChI is InChI=1S/C11H16N2O/c1-13-7-3-5-10-9(8-14-12)4-2-6-11(10)13/h2,4,6H,3,5,7-8,12H2,1H3. The zero-order chi connectivity index (χ0) is 9.97. The lowest BCUT2D eigenvalue weighted by atomic mass is 9.97. The zero-order valence-corrected chi connectivity index (χ0v) is 8.49. The van der Waals surface area contributed by atoms with Crippen molar-refractivity contribution >= 4 is 5.69 Å². The third-order valence-electron chi connectivity index (χ3n) is 2.82. The molecule has 3 heteroatoms. The lowest BCUT2D eigenvalue weighted by molar-refractivity contribution is 0.123. The number of nitrogens with two attached hydrogens (primary N) is 1. The third kappa shape index (κ3) is 1.61. The van der Waals surface area contributed by atoms with E-state index in [1.165, 1.54) is 23.2 Å². The molecule has 76 valence electrons. The molecular formula is C11H16N2O. The Balaban J connectivity index is 2.39. The maximum Gasteiger partial charge on any atom is 0.0933 e. The highest BCUT2D eigenvalue weighted by Gasteiger charge is 2.15. The van der Waals surface area contributed by atoms with Gasteiger partial charge < -0.3 is 4.90 Å². The quantitative estimate of drug-likeness (QED) is 0.721. The fourth-order valence-corrected chi connectivity index (χ4v) is 2.11. The van der Waals surface area contributed by atoms with Gasteiger partial charge >= 0.3 is 0 Å². The van der Waals surface area contributed by atoms with Gasteiger partial charge in [0.15, 0.2) is 0 Å². The van der Waals surface area contributed by atoms with E-state index < -0.39 is 0 Å². The Kier molecular flexibility index (Phi) is 2.70. The molecule has 14 heavy (non-hydrogen) atoms. The van der Waals surface area contributed by atoms with Gasteiger partial charge in [0.05, 0.1) is 6.61 Å². The summed E-state index contributed by atoms with van der Waals surface area (Å²) < 4.78 is 0. The minimum absolute atomic E-state index is 0.511. The maximum absolute atomic E-state index is 5.11. The molecule has 0 amide bonds. The summed E-state index contributed by atoms with van der Waals surface area (Å²) in [7, 11) is 2.13. The largest absolute Gasteiger partial charge is 0.374 e.